The minimum absolute atomic E-state index is 0.219. The standard InChI is InChI=1S/C18H22BrN/c1-4-13(2)14-9-11-15(12-10-14)18(20-3)16-7-5-6-8-17(16)19/h5-13,18,20H,4H2,1-3H3. The van der Waals surface area contributed by atoms with E-state index in [9.17, 15) is 0 Å². The number of rotatable bonds is 5. The molecular formula is C18H22BrN. The van der Waals surface area contributed by atoms with Crippen molar-refractivity contribution >= 4 is 15.9 Å². The fraction of sp³-hybridized carbons (Fsp3) is 0.333. The van der Waals surface area contributed by atoms with E-state index in [0.717, 1.165) is 4.47 Å². The summed E-state index contributed by atoms with van der Waals surface area (Å²) in [6.45, 7) is 4.51. The largest absolute Gasteiger partial charge is 0.309 e. The monoisotopic (exact) mass is 331 g/mol. The molecule has 0 aliphatic carbocycles. The Hall–Kier alpha value is -1.12. The predicted octanol–water partition coefficient (Wildman–Crippen LogP) is 5.27. The molecule has 0 radical (unpaired) electrons. The zero-order valence-electron chi connectivity index (χ0n) is 12.4. The van der Waals surface area contributed by atoms with Crippen LogP contribution in [-0.4, -0.2) is 7.05 Å². The van der Waals surface area contributed by atoms with E-state index >= 15 is 0 Å². The normalized spacial score (nSPS) is 14.0. The predicted molar refractivity (Wildman–Crippen MR) is 90.2 cm³/mol. The maximum atomic E-state index is 3.64. The van der Waals surface area contributed by atoms with Crippen molar-refractivity contribution in [2.75, 3.05) is 7.05 Å². The molecule has 2 atom stereocenters. The molecule has 20 heavy (non-hydrogen) atoms. The van der Waals surface area contributed by atoms with Gasteiger partial charge < -0.3 is 5.32 Å². The third kappa shape index (κ3) is 3.31. The van der Waals surface area contributed by atoms with E-state index in [1.165, 1.54) is 23.1 Å². The van der Waals surface area contributed by atoms with Crippen LogP contribution in [-0.2, 0) is 0 Å². The van der Waals surface area contributed by atoms with Gasteiger partial charge in [0, 0.05) is 4.47 Å². The Bertz CT molecular complexity index is 548. The second-order valence-corrected chi connectivity index (χ2v) is 6.07. The van der Waals surface area contributed by atoms with Crippen LogP contribution in [0.15, 0.2) is 53.0 Å². The minimum Gasteiger partial charge on any atom is -0.309 e. The summed E-state index contributed by atoms with van der Waals surface area (Å²) in [6.07, 6.45) is 1.18. The molecule has 106 valence electrons. The summed E-state index contributed by atoms with van der Waals surface area (Å²) < 4.78 is 1.14. The van der Waals surface area contributed by atoms with Gasteiger partial charge in [-0.3, -0.25) is 0 Å². The van der Waals surface area contributed by atoms with Crippen LogP contribution in [0.5, 0.6) is 0 Å². The quantitative estimate of drug-likeness (QED) is 0.786. The van der Waals surface area contributed by atoms with Crippen LogP contribution in [0.4, 0.5) is 0 Å². The second kappa shape index (κ2) is 7.05. The van der Waals surface area contributed by atoms with Crippen LogP contribution >= 0.6 is 15.9 Å². The van der Waals surface area contributed by atoms with Crippen LogP contribution in [0.3, 0.4) is 0 Å². The average Bonchev–Trinajstić information content (AvgIpc) is 2.50. The molecule has 2 heteroatoms. The summed E-state index contributed by atoms with van der Waals surface area (Å²) in [5.41, 5.74) is 3.98. The summed E-state index contributed by atoms with van der Waals surface area (Å²) >= 11 is 3.64. The molecule has 1 nitrogen and oxygen atoms in total. The molecule has 0 spiro atoms. The maximum absolute atomic E-state index is 3.64. The molecule has 0 aliphatic rings. The van der Waals surface area contributed by atoms with Crippen molar-refractivity contribution in [1.29, 1.82) is 0 Å². The number of halogens is 1. The van der Waals surface area contributed by atoms with Gasteiger partial charge >= 0.3 is 0 Å². The molecule has 0 saturated carbocycles. The second-order valence-electron chi connectivity index (χ2n) is 5.22. The molecule has 1 N–H and O–H groups in total. The molecule has 0 heterocycles. The number of hydrogen-bond donors (Lipinski definition) is 1. The van der Waals surface area contributed by atoms with Crippen molar-refractivity contribution in [3.8, 4) is 0 Å². The van der Waals surface area contributed by atoms with Gasteiger partial charge in [0.25, 0.3) is 0 Å². The van der Waals surface area contributed by atoms with Crippen LogP contribution in [0, 0.1) is 0 Å². The summed E-state index contributed by atoms with van der Waals surface area (Å²) in [5.74, 6) is 0.626. The van der Waals surface area contributed by atoms with Gasteiger partial charge in [-0.2, -0.15) is 0 Å². The molecule has 2 aromatic carbocycles. The number of hydrogen-bond acceptors (Lipinski definition) is 1. The molecule has 0 saturated heterocycles. The molecule has 0 aliphatic heterocycles. The zero-order valence-corrected chi connectivity index (χ0v) is 13.9. The van der Waals surface area contributed by atoms with E-state index in [0.29, 0.717) is 5.92 Å². The van der Waals surface area contributed by atoms with Crippen LogP contribution < -0.4 is 5.32 Å². The highest BCUT2D eigenvalue weighted by molar-refractivity contribution is 9.10. The van der Waals surface area contributed by atoms with Crippen LogP contribution in [0.2, 0.25) is 0 Å². The molecule has 0 aromatic heterocycles. The molecule has 0 bridgehead atoms. The van der Waals surface area contributed by atoms with Gasteiger partial charge in [-0.25, -0.2) is 0 Å². The molecule has 2 rings (SSSR count). The highest BCUT2D eigenvalue weighted by Gasteiger charge is 2.14. The lowest BCUT2D eigenvalue weighted by atomic mass is 9.94. The highest BCUT2D eigenvalue weighted by Crippen LogP contribution is 2.29. The minimum atomic E-state index is 0.219. The van der Waals surface area contributed by atoms with Crippen molar-refractivity contribution in [2.45, 2.75) is 32.2 Å². The Morgan fingerprint density at radius 2 is 1.60 bits per heavy atom. The van der Waals surface area contributed by atoms with E-state index in [1.807, 2.05) is 13.1 Å². The van der Waals surface area contributed by atoms with E-state index in [1.54, 1.807) is 0 Å². The first-order valence-electron chi connectivity index (χ1n) is 7.19. The molecule has 2 aromatic rings. The van der Waals surface area contributed by atoms with Crippen molar-refractivity contribution < 1.29 is 0 Å². The number of benzene rings is 2. The highest BCUT2D eigenvalue weighted by atomic mass is 79.9. The fourth-order valence-corrected chi connectivity index (χ4v) is 2.98. The Morgan fingerprint density at radius 1 is 1.00 bits per heavy atom. The smallest absolute Gasteiger partial charge is 0.0585 e. The third-order valence-electron chi connectivity index (χ3n) is 3.96. The maximum Gasteiger partial charge on any atom is 0.0585 e. The Morgan fingerprint density at radius 3 is 2.15 bits per heavy atom. The first kappa shape index (κ1) is 15.3. The Labute approximate surface area is 130 Å². The van der Waals surface area contributed by atoms with E-state index < -0.39 is 0 Å². The lowest BCUT2D eigenvalue weighted by Crippen LogP contribution is -2.18. The van der Waals surface area contributed by atoms with Crippen LogP contribution in [0.1, 0.15) is 48.9 Å². The summed E-state index contributed by atoms with van der Waals surface area (Å²) in [6, 6.07) is 17.6. The number of nitrogens with one attached hydrogen (secondary N) is 1. The summed E-state index contributed by atoms with van der Waals surface area (Å²) in [4.78, 5) is 0. The van der Waals surface area contributed by atoms with E-state index in [-0.39, 0.29) is 6.04 Å². The van der Waals surface area contributed by atoms with Gasteiger partial charge in [-0.05, 0) is 42.1 Å². The molecule has 0 fully saturated rings. The van der Waals surface area contributed by atoms with Gasteiger partial charge in [-0.1, -0.05) is 72.2 Å². The van der Waals surface area contributed by atoms with Crippen LogP contribution in [0.25, 0.3) is 0 Å². The van der Waals surface area contributed by atoms with Gasteiger partial charge in [0.1, 0.15) is 0 Å². The van der Waals surface area contributed by atoms with Crippen molar-refractivity contribution in [1.82, 2.24) is 5.32 Å². The third-order valence-corrected chi connectivity index (χ3v) is 4.68. The molecule has 0 amide bonds. The topological polar surface area (TPSA) is 12.0 Å². The first-order valence-corrected chi connectivity index (χ1v) is 7.98. The van der Waals surface area contributed by atoms with Crippen molar-refractivity contribution in [2.24, 2.45) is 0 Å². The van der Waals surface area contributed by atoms with Gasteiger partial charge in [0.15, 0.2) is 0 Å². The summed E-state index contributed by atoms with van der Waals surface area (Å²) in [7, 11) is 2.01. The SMILES string of the molecule is CCC(C)c1ccc(C(NC)c2ccccc2Br)cc1. The fourth-order valence-electron chi connectivity index (χ4n) is 2.46. The van der Waals surface area contributed by atoms with E-state index in [2.05, 4.69) is 77.6 Å². The van der Waals surface area contributed by atoms with Gasteiger partial charge in [0.2, 0.25) is 0 Å². The lowest BCUT2D eigenvalue weighted by molar-refractivity contribution is 0.686. The average molecular weight is 332 g/mol. The van der Waals surface area contributed by atoms with Gasteiger partial charge in [-0.15, -0.1) is 0 Å². The summed E-state index contributed by atoms with van der Waals surface area (Å²) in [5, 5.41) is 3.41. The van der Waals surface area contributed by atoms with Crippen molar-refractivity contribution in [3.05, 3.63) is 69.7 Å². The van der Waals surface area contributed by atoms with E-state index in [4.69, 9.17) is 0 Å². The first-order chi connectivity index (χ1) is 9.67. The Kier molecular flexibility index (Phi) is 5.38. The van der Waals surface area contributed by atoms with Gasteiger partial charge in [0.05, 0.1) is 6.04 Å². The zero-order chi connectivity index (χ0) is 14.5. The lowest BCUT2D eigenvalue weighted by Gasteiger charge is -2.19. The Balaban J connectivity index is 2.31. The molecular weight excluding hydrogens is 310 g/mol. The molecule has 2 unspecified atom stereocenters. The van der Waals surface area contributed by atoms with Crippen molar-refractivity contribution in [3.63, 3.8) is 0 Å².